The standard InChI is InChI=1S/C26H27N3O10S5/c1-13(2)15(9-18-27(6-3-7-44(37,38)39)16-8-14(12-30)4-5-17(16)41-18)21-23(35)28(10-19(31)32)25(42-21)22-24(36)29(11-20(33)34)26(40)43-22/h4-5,8-9,13,30H,3,6-7,10-12H2,1-2H3,(H,31,32)(H,33,34)(H,37,38,39). The van der Waals surface area contributed by atoms with E-state index in [9.17, 15) is 47.5 Å². The summed E-state index contributed by atoms with van der Waals surface area (Å²) < 4.78 is 33.2. The summed E-state index contributed by atoms with van der Waals surface area (Å²) in [6.07, 6.45) is 1.83. The SMILES string of the molecule is CC(C)C(C=C1Sc2ccc(CO)cc2N1CCCS(=O)(=O)O)=c1sc(=C2SC(=S)N(CC(=O)O)C2=O)n(CC(=O)O)c1=O. The zero-order valence-electron chi connectivity index (χ0n) is 23.3. The van der Waals surface area contributed by atoms with Gasteiger partial charge in [-0.05, 0) is 41.7 Å². The molecule has 2 aromatic rings. The second kappa shape index (κ2) is 13.6. The van der Waals surface area contributed by atoms with Crippen LogP contribution in [0.25, 0.3) is 10.5 Å². The summed E-state index contributed by atoms with van der Waals surface area (Å²) in [5.74, 6) is -4.11. The van der Waals surface area contributed by atoms with Crippen molar-refractivity contribution < 1.29 is 42.7 Å². The smallest absolute Gasteiger partial charge is 0.323 e. The first kappa shape index (κ1) is 33.9. The van der Waals surface area contributed by atoms with Crippen molar-refractivity contribution in [2.24, 2.45) is 5.92 Å². The van der Waals surface area contributed by atoms with Crippen molar-refractivity contribution in [3.8, 4) is 0 Å². The number of thiazole rings is 1. The van der Waals surface area contributed by atoms with Crippen LogP contribution in [0.1, 0.15) is 25.8 Å². The predicted octanol–water partition coefficient (Wildman–Crippen LogP) is 1.08. The minimum Gasteiger partial charge on any atom is -0.480 e. The van der Waals surface area contributed by atoms with Crippen molar-refractivity contribution in [1.82, 2.24) is 9.47 Å². The van der Waals surface area contributed by atoms with E-state index in [1.165, 1.54) is 11.8 Å². The molecular weight excluding hydrogens is 675 g/mol. The minimum atomic E-state index is -4.21. The molecule has 1 saturated heterocycles. The molecule has 18 heteroatoms. The molecule has 0 atom stereocenters. The number of carboxylic acids is 2. The fourth-order valence-corrected chi connectivity index (χ4v) is 8.78. The molecule has 236 valence electrons. The Kier molecular flexibility index (Phi) is 10.4. The van der Waals surface area contributed by atoms with Gasteiger partial charge in [0, 0.05) is 11.4 Å². The number of nitrogens with zero attached hydrogens (tertiary/aromatic N) is 3. The van der Waals surface area contributed by atoms with E-state index in [0.29, 0.717) is 21.9 Å². The molecule has 1 aromatic carbocycles. The third-order valence-electron chi connectivity index (χ3n) is 6.44. The van der Waals surface area contributed by atoms with Crippen LogP contribution < -0.4 is 19.7 Å². The van der Waals surface area contributed by atoms with Gasteiger partial charge >= 0.3 is 11.9 Å². The van der Waals surface area contributed by atoms with Gasteiger partial charge in [-0.2, -0.15) is 8.42 Å². The zero-order valence-corrected chi connectivity index (χ0v) is 27.3. The van der Waals surface area contributed by atoms with Crippen LogP contribution in [0.5, 0.6) is 0 Å². The number of allylic oxidation sites excluding steroid dienone is 1. The van der Waals surface area contributed by atoms with Gasteiger partial charge < -0.3 is 20.2 Å². The van der Waals surface area contributed by atoms with Gasteiger partial charge in [0.15, 0.2) is 0 Å². The van der Waals surface area contributed by atoms with E-state index in [1.54, 1.807) is 18.2 Å². The molecule has 0 spiro atoms. The highest BCUT2D eigenvalue weighted by atomic mass is 32.2. The highest BCUT2D eigenvalue weighted by Gasteiger charge is 2.36. The third kappa shape index (κ3) is 7.44. The maximum atomic E-state index is 13.8. The fraction of sp³-hybridized carbons (Fsp3) is 0.346. The van der Waals surface area contributed by atoms with E-state index in [1.807, 2.05) is 24.8 Å². The van der Waals surface area contributed by atoms with Crippen molar-refractivity contribution >= 4 is 95.5 Å². The molecule has 1 fully saturated rings. The molecule has 2 aliphatic heterocycles. The molecule has 0 aliphatic carbocycles. The highest BCUT2D eigenvalue weighted by molar-refractivity contribution is 8.30. The Morgan fingerprint density at radius 2 is 1.75 bits per heavy atom. The highest BCUT2D eigenvalue weighted by Crippen LogP contribution is 2.47. The normalized spacial score (nSPS) is 18.1. The molecule has 2 aliphatic rings. The summed E-state index contributed by atoms with van der Waals surface area (Å²) in [6, 6.07) is 5.33. The number of aliphatic hydroxyl groups excluding tert-OH is 1. The van der Waals surface area contributed by atoms with Gasteiger partial charge in [-0.25, -0.2) is 0 Å². The molecule has 44 heavy (non-hydrogen) atoms. The number of hydrogen-bond donors (Lipinski definition) is 4. The van der Waals surface area contributed by atoms with Crippen molar-refractivity contribution in [2.75, 3.05) is 23.7 Å². The Balaban J connectivity index is 1.93. The number of carboxylic acid groups (broad SMARTS) is 2. The first-order valence-electron chi connectivity index (χ1n) is 12.9. The van der Waals surface area contributed by atoms with E-state index in [0.717, 1.165) is 37.5 Å². The Morgan fingerprint density at radius 1 is 1.07 bits per heavy atom. The monoisotopic (exact) mass is 701 g/mol. The van der Waals surface area contributed by atoms with E-state index in [2.05, 4.69) is 0 Å². The van der Waals surface area contributed by atoms with E-state index in [4.69, 9.17) is 12.2 Å². The molecular formula is C26H27N3O10S5. The molecule has 1 amide bonds. The number of hydrogen-bond acceptors (Lipinski definition) is 12. The molecule has 1 aromatic heterocycles. The first-order valence-corrected chi connectivity index (χ1v) is 17.4. The molecule has 0 saturated carbocycles. The van der Waals surface area contributed by atoms with Crippen molar-refractivity contribution in [3.05, 3.63) is 54.4 Å². The Bertz CT molecular complexity index is 1880. The third-order valence-corrected chi connectivity index (χ3v) is 11.2. The van der Waals surface area contributed by atoms with Crippen LogP contribution in [-0.4, -0.2) is 78.8 Å². The van der Waals surface area contributed by atoms with Crippen molar-refractivity contribution in [3.63, 3.8) is 0 Å². The number of thioether (sulfide) groups is 2. The van der Waals surface area contributed by atoms with Crippen molar-refractivity contribution in [1.29, 1.82) is 0 Å². The van der Waals surface area contributed by atoms with Gasteiger partial charge in [-0.1, -0.05) is 55.7 Å². The zero-order chi connectivity index (χ0) is 32.5. The van der Waals surface area contributed by atoms with E-state index >= 15 is 0 Å². The average Bonchev–Trinajstić information content (AvgIpc) is 3.52. The summed E-state index contributed by atoms with van der Waals surface area (Å²) >= 11 is 8.24. The number of aliphatic hydroxyl groups is 1. The van der Waals surface area contributed by atoms with E-state index < -0.39 is 52.4 Å². The fourth-order valence-electron chi connectivity index (χ4n) is 4.45. The first-order chi connectivity index (χ1) is 20.6. The van der Waals surface area contributed by atoms with Crippen LogP contribution in [0.15, 0.2) is 39.0 Å². The number of carbonyl (C=O) groups excluding carboxylic acids is 1. The Labute approximate surface area is 268 Å². The summed E-state index contributed by atoms with van der Waals surface area (Å²) in [4.78, 5) is 53.4. The molecule has 4 rings (SSSR count). The van der Waals surface area contributed by atoms with Crippen LogP contribution >= 0.6 is 47.1 Å². The summed E-state index contributed by atoms with van der Waals surface area (Å²) in [5, 5.41) is 29.1. The molecule has 0 bridgehead atoms. The van der Waals surface area contributed by atoms with Crippen LogP contribution in [-0.2, 0) is 37.7 Å². The summed E-state index contributed by atoms with van der Waals surface area (Å²) in [5.41, 5.74) is 1.20. The number of fused-ring (bicyclic) bond motifs is 1. The second-order valence-corrected chi connectivity index (χ2v) is 15.2. The molecule has 4 N–H and O–H groups in total. The molecule has 13 nitrogen and oxygen atoms in total. The quantitative estimate of drug-likeness (QED) is 0.192. The Hall–Kier alpha value is -3.00. The largest absolute Gasteiger partial charge is 0.480 e. The number of aliphatic carboxylic acids is 2. The topological polar surface area (TPSA) is 195 Å². The number of rotatable bonds is 11. The summed E-state index contributed by atoms with van der Waals surface area (Å²) in [7, 11) is -4.21. The lowest BCUT2D eigenvalue weighted by molar-refractivity contribution is -0.140. The van der Waals surface area contributed by atoms with Gasteiger partial charge in [-0.3, -0.25) is 33.2 Å². The predicted molar refractivity (Wildman–Crippen MR) is 171 cm³/mol. The van der Waals surface area contributed by atoms with Gasteiger partial charge in [-0.15, -0.1) is 11.3 Å². The van der Waals surface area contributed by atoms with Gasteiger partial charge in [0.2, 0.25) is 0 Å². The Morgan fingerprint density at radius 3 is 2.34 bits per heavy atom. The number of thiocarbonyl (C=S) groups is 1. The van der Waals surface area contributed by atoms with Crippen molar-refractivity contribution in [2.45, 2.75) is 38.3 Å². The van der Waals surface area contributed by atoms with Gasteiger partial charge in [0.05, 0.1) is 27.6 Å². The maximum absolute atomic E-state index is 13.8. The lowest BCUT2D eigenvalue weighted by atomic mass is 10.0. The molecule has 0 radical (unpaired) electrons. The number of amides is 1. The maximum Gasteiger partial charge on any atom is 0.323 e. The second-order valence-electron chi connectivity index (χ2n) is 9.95. The van der Waals surface area contributed by atoms with Crippen LogP contribution in [0.3, 0.4) is 0 Å². The molecule has 0 unspecified atom stereocenters. The number of aromatic nitrogens is 1. The van der Waals surface area contributed by atoms with Gasteiger partial charge in [0.25, 0.3) is 21.6 Å². The van der Waals surface area contributed by atoms with Crippen LogP contribution in [0, 0.1) is 5.92 Å². The van der Waals surface area contributed by atoms with E-state index in [-0.39, 0.29) is 43.9 Å². The minimum absolute atomic E-state index is 0.0326. The summed E-state index contributed by atoms with van der Waals surface area (Å²) in [6.45, 7) is 2.19. The molecule has 3 heterocycles. The van der Waals surface area contributed by atoms with Crippen LogP contribution in [0.2, 0.25) is 0 Å². The number of benzene rings is 1. The number of anilines is 1. The number of carbonyl (C=O) groups is 3. The lowest BCUT2D eigenvalue weighted by Gasteiger charge is -2.21. The lowest BCUT2D eigenvalue weighted by Crippen LogP contribution is -2.37. The van der Waals surface area contributed by atoms with Gasteiger partial charge in [0.1, 0.15) is 27.0 Å². The van der Waals surface area contributed by atoms with Crippen LogP contribution in [0.4, 0.5) is 5.69 Å². The average molecular weight is 702 g/mol.